The van der Waals surface area contributed by atoms with Crippen molar-refractivity contribution in [2.75, 3.05) is 0 Å². The van der Waals surface area contributed by atoms with Gasteiger partial charge in [0.15, 0.2) is 0 Å². The molecule has 18 heavy (non-hydrogen) atoms. The number of carboxylic acids is 2. The van der Waals surface area contributed by atoms with Gasteiger partial charge in [0.05, 0.1) is 0 Å². The van der Waals surface area contributed by atoms with Crippen LogP contribution >= 0.6 is 0 Å². The zero-order valence-electron chi connectivity index (χ0n) is 12.0. The van der Waals surface area contributed by atoms with Crippen LogP contribution in [0, 0.1) is 11.8 Å². The molecule has 1 unspecified atom stereocenters. The average molecular weight is 262 g/mol. The van der Waals surface area contributed by atoms with E-state index in [4.69, 9.17) is 21.7 Å². The van der Waals surface area contributed by atoms with Gasteiger partial charge in [-0.3, -0.25) is 9.59 Å². The van der Waals surface area contributed by atoms with Gasteiger partial charge in [-0.05, 0) is 25.7 Å². The highest BCUT2D eigenvalue weighted by molar-refractivity contribution is 5.78. The molecule has 0 radical (unpaired) electrons. The smallest absolute Gasteiger partial charge is 0.323 e. The molecule has 108 valence electrons. The molecule has 0 amide bonds. The molecule has 0 aromatic heterocycles. The van der Waals surface area contributed by atoms with Gasteiger partial charge in [0.25, 0.3) is 0 Å². The van der Waals surface area contributed by atoms with Crippen molar-refractivity contribution in [2.24, 2.45) is 23.3 Å². The first-order valence-corrected chi connectivity index (χ1v) is 5.82. The third kappa shape index (κ3) is 5.46. The first-order chi connectivity index (χ1) is 7.77. The van der Waals surface area contributed by atoms with Crippen molar-refractivity contribution in [3.63, 3.8) is 0 Å². The molecule has 0 saturated carbocycles. The summed E-state index contributed by atoms with van der Waals surface area (Å²) < 4.78 is 0. The molecule has 0 heterocycles. The number of carbonyl (C=O) groups is 2. The van der Waals surface area contributed by atoms with Gasteiger partial charge in [0.1, 0.15) is 11.1 Å². The van der Waals surface area contributed by atoms with E-state index in [-0.39, 0.29) is 11.8 Å². The summed E-state index contributed by atoms with van der Waals surface area (Å²) in [5, 5.41) is 17.0. The quantitative estimate of drug-likeness (QED) is 0.596. The summed E-state index contributed by atoms with van der Waals surface area (Å²) in [6.45, 7) is 10.2. The molecule has 0 bridgehead atoms. The molecule has 6 heteroatoms. The zero-order chi connectivity index (χ0) is 15.3. The van der Waals surface area contributed by atoms with E-state index in [2.05, 4.69) is 0 Å². The van der Waals surface area contributed by atoms with Crippen molar-refractivity contribution in [1.29, 1.82) is 0 Å². The predicted molar refractivity (Wildman–Crippen MR) is 70.1 cm³/mol. The van der Waals surface area contributed by atoms with Crippen LogP contribution in [0.4, 0.5) is 0 Å². The Labute approximate surface area is 108 Å². The fraction of sp³-hybridized carbons (Fsp3) is 0.833. The molecule has 0 aliphatic carbocycles. The minimum Gasteiger partial charge on any atom is -0.480 e. The molecule has 6 nitrogen and oxygen atoms in total. The summed E-state index contributed by atoms with van der Waals surface area (Å²) in [4.78, 5) is 20.7. The van der Waals surface area contributed by atoms with Crippen LogP contribution in [-0.2, 0) is 9.59 Å². The third-order valence-corrected chi connectivity index (χ3v) is 3.32. The molecule has 6 N–H and O–H groups in total. The molecule has 2 atom stereocenters. The summed E-state index contributed by atoms with van der Waals surface area (Å²) in [6.07, 6.45) is 0. The molecule has 0 fully saturated rings. The fourth-order valence-electron chi connectivity index (χ4n) is 0.494. The Morgan fingerprint density at radius 2 is 1.00 bits per heavy atom. The van der Waals surface area contributed by atoms with E-state index < -0.39 is 23.0 Å². The van der Waals surface area contributed by atoms with Crippen molar-refractivity contribution in [3.05, 3.63) is 0 Å². The predicted octanol–water partition coefficient (Wildman–Crippen LogP) is 0.889. The standard InChI is InChI=1S/2C6H13NO2/c2*1-4(2)6(3,7)5(8)9/h2*4H,7H2,1-3H3,(H,8,9)/t6-;/m0./s1. The van der Waals surface area contributed by atoms with Crippen LogP contribution in [-0.4, -0.2) is 33.2 Å². The van der Waals surface area contributed by atoms with Gasteiger partial charge in [0, 0.05) is 0 Å². The lowest BCUT2D eigenvalue weighted by atomic mass is 9.90. The van der Waals surface area contributed by atoms with Crippen molar-refractivity contribution in [3.8, 4) is 0 Å². The summed E-state index contributed by atoms with van der Waals surface area (Å²) in [5.74, 6) is -1.96. The SMILES string of the molecule is CC(C)C(C)(N)C(=O)O.CC(C)[C@](C)(N)C(=O)O. The van der Waals surface area contributed by atoms with E-state index in [0.29, 0.717) is 0 Å². The molecule has 0 rings (SSSR count). The Kier molecular flexibility index (Phi) is 7.15. The lowest BCUT2D eigenvalue weighted by Crippen LogP contribution is -2.49. The minimum absolute atomic E-state index is 0.0324. The second-order valence-electron chi connectivity index (χ2n) is 5.49. The van der Waals surface area contributed by atoms with Gasteiger partial charge in [-0.25, -0.2) is 0 Å². The van der Waals surface area contributed by atoms with Gasteiger partial charge in [-0.1, -0.05) is 27.7 Å². The fourth-order valence-corrected chi connectivity index (χ4v) is 0.494. The highest BCUT2D eigenvalue weighted by Gasteiger charge is 2.31. The van der Waals surface area contributed by atoms with Gasteiger partial charge in [-0.15, -0.1) is 0 Å². The van der Waals surface area contributed by atoms with E-state index >= 15 is 0 Å². The highest BCUT2D eigenvalue weighted by atomic mass is 16.4. The van der Waals surface area contributed by atoms with E-state index in [1.54, 1.807) is 27.7 Å². The third-order valence-electron chi connectivity index (χ3n) is 3.32. The molecule has 0 aliphatic rings. The van der Waals surface area contributed by atoms with Crippen LogP contribution in [0.5, 0.6) is 0 Å². The van der Waals surface area contributed by atoms with Crippen LogP contribution in [0.3, 0.4) is 0 Å². The molecule has 0 saturated heterocycles. The first-order valence-electron chi connectivity index (χ1n) is 5.82. The van der Waals surface area contributed by atoms with Gasteiger partial charge in [-0.2, -0.15) is 0 Å². The number of aliphatic carboxylic acids is 2. The maximum Gasteiger partial charge on any atom is 0.323 e. The zero-order valence-corrected chi connectivity index (χ0v) is 12.0. The number of hydrogen-bond donors (Lipinski definition) is 4. The van der Waals surface area contributed by atoms with Crippen LogP contribution < -0.4 is 11.5 Å². The second kappa shape index (κ2) is 6.70. The molecule has 0 aromatic carbocycles. The maximum atomic E-state index is 10.3. The van der Waals surface area contributed by atoms with E-state index in [9.17, 15) is 9.59 Å². The van der Waals surface area contributed by atoms with Crippen LogP contribution in [0.25, 0.3) is 0 Å². The summed E-state index contributed by atoms with van der Waals surface area (Å²) >= 11 is 0. The van der Waals surface area contributed by atoms with E-state index in [1.807, 2.05) is 0 Å². The van der Waals surface area contributed by atoms with Gasteiger partial charge >= 0.3 is 11.9 Å². The Balaban J connectivity index is 0. The average Bonchev–Trinajstić information content (AvgIpc) is 2.17. The van der Waals surface area contributed by atoms with Crippen molar-refractivity contribution >= 4 is 11.9 Å². The van der Waals surface area contributed by atoms with E-state index in [1.165, 1.54) is 13.8 Å². The number of hydrogen-bond acceptors (Lipinski definition) is 4. The molecular weight excluding hydrogens is 236 g/mol. The first kappa shape index (κ1) is 19.2. The van der Waals surface area contributed by atoms with Gasteiger partial charge < -0.3 is 21.7 Å². The normalized spacial score (nSPS) is 17.4. The van der Waals surface area contributed by atoms with Crippen molar-refractivity contribution in [2.45, 2.75) is 52.6 Å². The molecule has 0 spiro atoms. The molecule has 0 aliphatic heterocycles. The minimum atomic E-state index is -1.08. The number of nitrogens with two attached hydrogens (primary N) is 2. The number of rotatable bonds is 4. The molecule has 0 aromatic rings. The largest absolute Gasteiger partial charge is 0.480 e. The Morgan fingerprint density at radius 3 is 1.00 bits per heavy atom. The lowest BCUT2D eigenvalue weighted by molar-refractivity contribution is -0.145. The summed E-state index contributed by atoms with van der Waals surface area (Å²) in [7, 11) is 0. The van der Waals surface area contributed by atoms with E-state index in [0.717, 1.165) is 0 Å². The monoisotopic (exact) mass is 262 g/mol. The number of carboxylic acid groups (broad SMARTS) is 2. The molecular formula is C12H26N2O4. The van der Waals surface area contributed by atoms with Crippen molar-refractivity contribution in [1.82, 2.24) is 0 Å². The van der Waals surface area contributed by atoms with Crippen molar-refractivity contribution < 1.29 is 19.8 Å². The second-order valence-corrected chi connectivity index (χ2v) is 5.49. The topological polar surface area (TPSA) is 127 Å². The van der Waals surface area contributed by atoms with Gasteiger partial charge in [0.2, 0.25) is 0 Å². The van der Waals surface area contributed by atoms with Crippen LogP contribution in [0.15, 0.2) is 0 Å². The Hall–Kier alpha value is -1.14. The Bertz CT molecular complexity index is 266. The summed E-state index contributed by atoms with van der Waals surface area (Å²) in [5.41, 5.74) is 8.64. The lowest BCUT2D eigenvalue weighted by Gasteiger charge is -2.22. The Morgan fingerprint density at radius 1 is 0.833 bits per heavy atom. The summed E-state index contributed by atoms with van der Waals surface area (Å²) in [6, 6.07) is 0. The highest BCUT2D eigenvalue weighted by Crippen LogP contribution is 2.12. The van der Waals surface area contributed by atoms with Crippen LogP contribution in [0.2, 0.25) is 0 Å². The van der Waals surface area contributed by atoms with Crippen LogP contribution in [0.1, 0.15) is 41.5 Å². The maximum absolute atomic E-state index is 10.3.